The van der Waals surface area contributed by atoms with Gasteiger partial charge in [-0.1, -0.05) is 32.0 Å². The predicted molar refractivity (Wildman–Crippen MR) is 74.9 cm³/mol. The standard InChI is InChI=1S/C15H25FN2/c1-11(2)9-12(3)18(4)15(10-17)13-7-5-6-8-14(13)16/h5-8,11-12,15H,9-10,17H2,1-4H3. The summed E-state index contributed by atoms with van der Waals surface area (Å²) in [5, 5.41) is 0. The number of hydrogen-bond donors (Lipinski definition) is 1. The molecule has 3 heteroatoms. The van der Waals surface area contributed by atoms with E-state index in [1.807, 2.05) is 19.2 Å². The van der Waals surface area contributed by atoms with E-state index in [-0.39, 0.29) is 11.9 Å². The van der Waals surface area contributed by atoms with Crippen LogP contribution >= 0.6 is 0 Å². The SMILES string of the molecule is CC(C)CC(C)N(C)C(CN)c1ccccc1F. The molecule has 0 amide bonds. The van der Waals surface area contributed by atoms with Crippen LogP contribution in [0.4, 0.5) is 4.39 Å². The summed E-state index contributed by atoms with van der Waals surface area (Å²) in [4.78, 5) is 2.18. The van der Waals surface area contributed by atoms with Crippen molar-refractivity contribution in [2.45, 2.75) is 39.3 Å². The molecule has 0 spiro atoms. The molecule has 102 valence electrons. The first kappa shape index (κ1) is 15.1. The maximum Gasteiger partial charge on any atom is 0.128 e. The van der Waals surface area contributed by atoms with Gasteiger partial charge in [-0.15, -0.1) is 0 Å². The van der Waals surface area contributed by atoms with Crippen LogP contribution < -0.4 is 5.73 Å². The van der Waals surface area contributed by atoms with Crippen LogP contribution in [0.2, 0.25) is 0 Å². The lowest BCUT2D eigenvalue weighted by atomic mass is 9.99. The molecule has 18 heavy (non-hydrogen) atoms. The van der Waals surface area contributed by atoms with Crippen molar-refractivity contribution in [3.63, 3.8) is 0 Å². The topological polar surface area (TPSA) is 29.3 Å². The van der Waals surface area contributed by atoms with Crippen LogP contribution in [0.25, 0.3) is 0 Å². The second kappa shape index (κ2) is 6.86. The van der Waals surface area contributed by atoms with Gasteiger partial charge in [0, 0.05) is 24.2 Å². The van der Waals surface area contributed by atoms with E-state index in [2.05, 4.69) is 25.7 Å². The van der Waals surface area contributed by atoms with Gasteiger partial charge in [-0.3, -0.25) is 4.90 Å². The molecule has 2 unspecified atom stereocenters. The van der Waals surface area contributed by atoms with Crippen LogP contribution in [0.5, 0.6) is 0 Å². The highest BCUT2D eigenvalue weighted by Gasteiger charge is 2.22. The quantitative estimate of drug-likeness (QED) is 0.842. The van der Waals surface area contributed by atoms with E-state index in [0.717, 1.165) is 6.42 Å². The zero-order valence-electron chi connectivity index (χ0n) is 11.9. The van der Waals surface area contributed by atoms with Gasteiger partial charge in [0.2, 0.25) is 0 Å². The number of likely N-dealkylation sites (N-methyl/N-ethyl adjacent to an activating group) is 1. The minimum absolute atomic E-state index is 0.0556. The molecule has 0 aliphatic rings. The van der Waals surface area contributed by atoms with Gasteiger partial charge in [-0.25, -0.2) is 4.39 Å². The molecule has 0 saturated carbocycles. The Hall–Kier alpha value is -0.930. The second-order valence-electron chi connectivity index (χ2n) is 5.42. The first-order valence-electron chi connectivity index (χ1n) is 6.63. The first-order valence-corrected chi connectivity index (χ1v) is 6.63. The van der Waals surface area contributed by atoms with Crippen molar-refractivity contribution >= 4 is 0 Å². The second-order valence-corrected chi connectivity index (χ2v) is 5.42. The summed E-state index contributed by atoms with van der Waals surface area (Å²) in [7, 11) is 2.02. The molecule has 2 nitrogen and oxygen atoms in total. The van der Waals surface area contributed by atoms with Gasteiger partial charge in [0.25, 0.3) is 0 Å². The minimum atomic E-state index is -0.170. The summed E-state index contributed by atoms with van der Waals surface area (Å²) < 4.78 is 13.8. The molecular weight excluding hydrogens is 227 g/mol. The van der Waals surface area contributed by atoms with Crippen LogP contribution in [0.15, 0.2) is 24.3 Å². The van der Waals surface area contributed by atoms with E-state index < -0.39 is 0 Å². The van der Waals surface area contributed by atoms with Crippen molar-refractivity contribution in [1.29, 1.82) is 0 Å². The average molecular weight is 252 g/mol. The molecule has 0 bridgehead atoms. The Balaban J connectivity index is 2.86. The monoisotopic (exact) mass is 252 g/mol. The maximum absolute atomic E-state index is 13.8. The minimum Gasteiger partial charge on any atom is -0.329 e. The summed E-state index contributed by atoms with van der Waals surface area (Å²) in [5.41, 5.74) is 6.53. The Kier molecular flexibility index (Phi) is 5.76. The third-order valence-electron chi connectivity index (χ3n) is 3.49. The van der Waals surface area contributed by atoms with Gasteiger partial charge in [-0.2, -0.15) is 0 Å². The highest BCUT2D eigenvalue weighted by atomic mass is 19.1. The Labute approximate surface area is 110 Å². The molecule has 0 aliphatic carbocycles. The number of nitrogens with zero attached hydrogens (tertiary/aromatic N) is 1. The molecule has 0 fully saturated rings. The number of benzene rings is 1. The molecule has 0 saturated heterocycles. The summed E-state index contributed by atoms with van der Waals surface area (Å²) in [6.45, 7) is 7.00. The fourth-order valence-electron chi connectivity index (χ4n) is 2.41. The van der Waals surface area contributed by atoms with Gasteiger partial charge in [0.05, 0.1) is 0 Å². The Bertz CT molecular complexity index is 365. The lowest BCUT2D eigenvalue weighted by Crippen LogP contribution is -2.38. The van der Waals surface area contributed by atoms with Crippen LogP contribution in [0.1, 0.15) is 38.8 Å². The zero-order valence-corrected chi connectivity index (χ0v) is 11.9. The van der Waals surface area contributed by atoms with Crippen molar-refractivity contribution in [3.05, 3.63) is 35.6 Å². The van der Waals surface area contributed by atoms with Gasteiger partial charge >= 0.3 is 0 Å². The highest BCUT2D eigenvalue weighted by molar-refractivity contribution is 5.21. The molecule has 1 aromatic carbocycles. The van der Waals surface area contributed by atoms with E-state index in [0.29, 0.717) is 24.1 Å². The third-order valence-corrected chi connectivity index (χ3v) is 3.49. The third kappa shape index (κ3) is 3.79. The van der Waals surface area contributed by atoms with Gasteiger partial charge in [0.1, 0.15) is 5.82 Å². The molecular formula is C15H25FN2. The van der Waals surface area contributed by atoms with Gasteiger partial charge < -0.3 is 5.73 Å². The van der Waals surface area contributed by atoms with E-state index in [1.54, 1.807) is 6.07 Å². The lowest BCUT2D eigenvalue weighted by molar-refractivity contribution is 0.166. The number of hydrogen-bond acceptors (Lipinski definition) is 2. The molecule has 1 rings (SSSR count). The van der Waals surface area contributed by atoms with Gasteiger partial charge in [-0.05, 0) is 32.4 Å². The lowest BCUT2D eigenvalue weighted by Gasteiger charge is -2.33. The molecule has 0 aromatic heterocycles. The molecule has 2 atom stereocenters. The van der Waals surface area contributed by atoms with Crippen molar-refractivity contribution < 1.29 is 4.39 Å². The molecule has 0 heterocycles. The van der Waals surface area contributed by atoms with Crippen LogP contribution in [0, 0.1) is 11.7 Å². The fourth-order valence-corrected chi connectivity index (χ4v) is 2.41. The maximum atomic E-state index is 13.8. The van der Waals surface area contributed by atoms with Crippen molar-refractivity contribution in [1.82, 2.24) is 4.90 Å². The number of nitrogens with two attached hydrogens (primary N) is 1. The first-order chi connectivity index (χ1) is 8.47. The molecule has 2 N–H and O–H groups in total. The summed E-state index contributed by atoms with van der Waals surface area (Å²) >= 11 is 0. The Morgan fingerprint density at radius 2 is 1.83 bits per heavy atom. The van der Waals surface area contributed by atoms with Crippen LogP contribution in [-0.4, -0.2) is 24.5 Å². The summed E-state index contributed by atoms with van der Waals surface area (Å²) in [5.74, 6) is 0.457. The van der Waals surface area contributed by atoms with E-state index >= 15 is 0 Å². The fraction of sp³-hybridized carbons (Fsp3) is 0.600. The summed E-state index contributed by atoms with van der Waals surface area (Å²) in [6, 6.07) is 7.23. The zero-order chi connectivity index (χ0) is 13.7. The molecule has 1 aromatic rings. The molecule has 0 radical (unpaired) electrons. The van der Waals surface area contributed by atoms with Crippen LogP contribution in [-0.2, 0) is 0 Å². The average Bonchev–Trinajstić information content (AvgIpc) is 2.31. The summed E-state index contributed by atoms with van der Waals surface area (Å²) in [6.07, 6.45) is 1.08. The molecule has 0 aliphatic heterocycles. The Morgan fingerprint density at radius 3 is 2.33 bits per heavy atom. The van der Waals surface area contributed by atoms with E-state index in [9.17, 15) is 4.39 Å². The van der Waals surface area contributed by atoms with Crippen LogP contribution in [0.3, 0.4) is 0 Å². The Morgan fingerprint density at radius 1 is 1.22 bits per heavy atom. The van der Waals surface area contributed by atoms with Crippen molar-refractivity contribution in [2.75, 3.05) is 13.6 Å². The van der Waals surface area contributed by atoms with E-state index in [1.165, 1.54) is 6.07 Å². The highest BCUT2D eigenvalue weighted by Crippen LogP contribution is 2.24. The van der Waals surface area contributed by atoms with Gasteiger partial charge in [0.15, 0.2) is 0 Å². The largest absolute Gasteiger partial charge is 0.329 e. The normalized spacial score (nSPS) is 15.1. The van der Waals surface area contributed by atoms with Crippen molar-refractivity contribution in [2.24, 2.45) is 11.7 Å². The van der Waals surface area contributed by atoms with Crippen molar-refractivity contribution in [3.8, 4) is 0 Å². The predicted octanol–water partition coefficient (Wildman–Crippen LogP) is 3.19. The smallest absolute Gasteiger partial charge is 0.128 e. The number of rotatable bonds is 6. The van der Waals surface area contributed by atoms with E-state index in [4.69, 9.17) is 5.73 Å². The number of halogens is 1.